The SMILES string of the molecule is Cc1cc(C)c(S(=O)(=O)N(CCCCCC(=O)O)[C@H]2CCS(=O)(=O)C2)cc1C. The third-order valence-corrected chi connectivity index (χ3v) is 9.11. The summed E-state index contributed by atoms with van der Waals surface area (Å²) in [7, 11) is -7.09. The lowest BCUT2D eigenvalue weighted by Crippen LogP contribution is -2.42. The van der Waals surface area contributed by atoms with Crippen molar-refractivity contribution in [2.24, 2.45) is 0 Å². The molecule has 0 radical (unpaired) electrons. The van der Waals surface area contributed by atoms with Crippen molar-refractivity contribution in [3.63, 3.8) is 0 Å². The lowest BCUT2D eigenvalue weighted by molar-refractivity contribution is -0.137. The highest BCUT2D eigenvalue weighted by Crippen LogP contribution is 2.29. The zero-order valence-corrected chi connectivity index (χ0v) is 18.3. The summed E-state index contributed by atoms with van der Waals surface area (Å²) in [6, 6.07) is 2.91. The minimum absolute atomic E-state index is 0.00535. The molecule has 7 nitrogen and oxygen atoms in total. The molecule has 1 saturated heterocycles. The quantitative estimate of drug-likeness (QED) is 0.602. The van der Waals surface area contributed by atoms with Gasteiger partial charge < -0.3 is 5.11 Å². The van der Waals surface area contributed by atoms with Gasteiger partial charge in [-0.1, -0.05) is 12.5 Å². The zero-order chi connectivity index (χ0) is 21.1. The van der Waals surface area contributed by atoms with E-state index in [4.69, 9.17) is 5.11 Å². The Hall–Kier alpha value is -1.45. The van der Waals surface area contributed by atoms with Crippen LogP contribution in [0.3, 0.4) is 0 Å². The van der Waals surface area contributed by atoms with Crippen LogP contribution in [-0.4, -0.2) is 56.3 Å². The maximum Gasteiger partial charge on any atom is 0.303 e. The molecule has 1 aromatic rings. The summed E-state index contributed by atoms with van der Waals surface area (Å²) in [6.07, 6.45) is 1.87. The van der Waals surface area contributed by atoms with E-state index in [1.165, 1.54) is 4.31 Å². The molecule has 0 aromatic heterocycles. The van der Waals surface area contributed by atoms with Crippen molar-refractivity contribution in [3.8, 4) is 0 Å². The van der Waals surface area contributed by atoms with Crippen LogP contribution in [0.25, 0.3) is 0 Å². The molecule has 1 atom stereocenters. The van der Waals surface area contributed by atoms with E-state index in [0.29, 0.717) is 31.2 Å². The number of hydrogen-bond donors (Lipinski definition) is 1. The van der Waals surface area contributed by atoms with E-state index in [9.17, 15) is 21.6 Å². The van der Waals surface area contributed by atoms with Gasteiger partial charge in [-0.15, -0.1) is 0 Å². The standard InChI is InChI=1S/C19H29NO6S2/c1-14-11-16(3)18(12-15(14)2)28(25,26)20(9-6-4-5-7-19(21)22)17-8-10-27(23,24)13-17/h11-12,17H,4-10,13H2,1-3H3,(H,21,22)/t17-/m0/s1. The third kappa shape index (κ3) is 5.55. The normalized spacial score (nSPS) is 19.2. The molecular formula is C19H29NO6S2. The van der Waals surface area contributed by atoms with Crippen molar-refractivity contribution in [2.45, 2.75) is 63.8 Å². The van der Waals surface area contributed by atoms with Crippen molar-refractivity contribution in [2.75, 3.05) is 18.1 Å². The first-order chi connectivity index (χ1) is 12.9. The smallest absolute Gasteiger partial charge is 0.303 e. The number of carboxylic acid groups (broad SMARTS) is 1. The molecule has 28 heavy (non-hydrogen) atoms. The van der Waals surface area contributed by atoms with E-state index in [-0.39, 0.29) is 29.4 Å². The summed E-state index contributed by atoms with van der Waals surface area (Å²) in [5.74, 6) is -1.04. The molecule has 1 aliphatic heterocycles. The van der Waals surface area contributed by atoms with Gasteiger partial charge in [0.15, 0.2) is 9.84 Å². The summed E-state index contributed by atoms with van der Waals surface area (Å²) >= 11 is 0. The topological polar surface area (TPSA) is 109 Å². The summed E-state index contributed by atoms with van der Waals surface area (Å²) in [6.45, 7) is 5.71. The minimum atomic E-state index is -3.86. The van der Waals surface area contributed by atoms with E-state index in [0.717, 1.165) is 11.1 Å². The van der Waals surface area contributed by atoms with Crippen LogP contribution in [0.5, 0.6) is 0 Å². The monoisotopic (exact) mass is 431 g/mol. The maximum atomic E-state index is 13.4. The molecule has 0 saturated carbocycles. The fraction of sp³-hybridized carbons (Fsp3) is 0.632. The van der Waals surface area contributed by atoms with E-state index < -0.39 is 31.9 Å². The number of nitrogens with zero attached hydrogens (tertiary/aromatic N) is 1. The number of carboxylic acids is 1. The Kier molecular flexibility index (Phi) is 7.27. The fourth-order valence-corrected chi connectivity index (χ4v) is 7.37. The van der Waals surface area contributed by atoms with Crippen LogP contribution in [-0.2, 0) is 24.7 Å². The summed E-state index contributed by atoms with van der Waals surface area (Å²) in [4.78, 5) is 10.9. The third-order valence-electron chi connectivity index (χ3n) is 5.26. The molecular weight excluding hydrogens is 402 g/mol. The number of rotatable bonds is 9. The van der Waals surface area contributed by atoms with Gasteiger partial charge in [0, 0.05) is 19.0 Å². The van der Waals surface area contributed by atoms with Crippen molar-refractivity contribution < 1.29 is 26.7 Å². The minimum Gasteiger partial charge on any atom is -0.481 e. The van der Waals surface area contributed by atoms with E-state index >= 15 is 0 Å². The van der Waals surface area contributed by atoms with Crippen molar-refractivity contribution >= 4 is 25.8 Å². The van der Waals surface area contributed by atoms with Gasteiger partial charge in [0.25, 0.3) is 0 Å². The molecule has 1 aliphatic rings. The number of hydrogen-bond acceptors (Lipinski definition) is 5. The predicted molar refractivity (Wildman–Crippen MR) is 108 cm³/mol. The number of aliphatic carboxylic acids is 1. The Labute approximate surface area is 167 Å². The second-order valence-electron chi connectivity index (χ2n) is 7.58. The van der Waals surface area contributed by atoms with Gasteiger partial charge in [-0.2, -0.15) is 4.31 Å². The largest absolute Gasteiger partial charge is 0.481 e. The number of unbranched alkanes of at least 4 members (excludes halogenated alkanes) is 2. The van der Waals surface area contributed by atoms with Crippen LogP contribution < -0.4 is 0 Å². The molecule has 0 amide bonds. The van der Waals surface area contributed by atoms with Crippen molar-refractivity contribution in [3.05, 3.63) is 28.8 Å². The average Bonchev–Trinajstić information content (AvgIpc) is 2.93. The van der Waals surface area contributed by atoms with Crippen molar-refractivity contribution in [1.82, 2.24) is 4.31 Å². The number of sulfone groups is 1. The predicted octanol–water partition coefficient (Wildman–Crippen LogP) is 2.43. The Morgan fingerprint density at radius 2 is 1.75 bits per heavy atom. The Morgan fingerprint density at radius 1 is 1.11 bits per heavy atom. The number of carbonyl (C=O) groups is 1. The Bertz CT molecular complexity index is 937. The van der Waals surface area contributed by atoms with Crippen LogP contribution in [0.4, 0.5) is 0 Å². The molecule has 1 aromatic carbocycles. The lowest BCUT2D eigenvalue weighted by atomic mass is 10.1. The van der Waals surface area contributed by atoms with Crippen LogP contribution in [0.1, 0.15) is 48.8 Å². The highest BCUT2D eigenvalue weighted by atomic mass is 32.2. The first kappa shape index (κ1) is 22.8. The molecule has 1 N–H and O–H groups in total. The number of sulfonamides is 1. The Morgan fingerprint density at radius 3 is 2.32 bits per heavy atom. The molecule has 1 heterocycles. The first-order valence-corrected chi connectivity index (χ1v) is 12.7. The van der Waals surface area contributed by atoms with Gasteiger partial charge in [0.1, 0.15) is 0 Å². The van der Waals surface area contributed by atoms with Gasteiger partial charge in [0.05, 0.1) is 16.4 Å². The zero-order valence-electron chi connectivity index (χ0n) is 16.6. The molecule has 2 rings (SSSR count). The number of aryl methyl sites for hydroxylation is 3. The molecule has 9 heteroatoms. The highest BCUT2D eigenvalue weighted by Gasteiger charge is 2.39. The molecule has 0 aliphatic carbocycles. The summed E-state index contributed by atoms with van der Waals surface area (Å²) in [5.41, 5.74) is 2.50. The van der Waals surface area contributed by atoms with Crippen LogP contribution in [0.2, 0.25) is 0 Å². The molecule has 1 fully saturated rings. The van der Waals surface area contributed by atoms with Crippen LogP contribution in [0, 0.1) is 20.8 Å². The molecule has 158 valence electrons. The summed E-state index contributed by atoms with van der Waals surface area (Å²) < 4.78 is 52.1. The van der Waals surface area contributed by atoms with E-state index in [1.807, 2.05) is 19.9 Å². The second kappa shape index (κ2) is 8.92. The Balaban J connectivity index is 2.29. The first-order valence-electron chi connectivity index (χ1n) is 9.46. The van der Waals surface area contributed by atoms with Gasteiger partial charge in [-0.25, -0.2) is 16.8 Å². The second-order valence-corrected chi connectivity index (χ2v) is 11.7. The number of benzene rings is 1. The van der Waals surface area contributed by atoms with Crippen LogP contribution in [0.15, 0.2) is 17.0 Å². The lowest BCUT2D eigenvalue weighted by Gasteiger charge is -2.28. The van der Waals surface area contributed by atoms with Gasteiger partial charge in [-0.3, -0.25) is 4.79 Å². The average molecular weight is 432 g/mol. The van der Waals surface area contributed by atoms with E-state index in [2.05, 4.69) is 0 Å². The molecule has 0 unspecified atom stereocenters. The van der Waals surface area contributed by atoms with E-state index in [1.54, 1.807) is 13.0 Å². The molecule has 0 spiro atoms. The highest BCUT2D eigenvalue weighted by molar-refractivity contribution is 7.92. The molecule has 0 bridgehead atoms. The maximum absolute atomic E-state index is 13.4. The van der Waals surface area contributed by atoms with Crippen LogP contribution >= 0.6 is 0 Å². The summed E-state index contributed by atoms with van der Waals surface area (Å²) in [5, 5.41) is 8.74. The van der Waals surface area contributed by atoms with Gasteiger partial charge >= 0.3 is 5.97 Å². The van der Waals surface area contributed by atoms with Crippen molar-refractivity contribution in [1.29, 1.82) is 0 Å². The fourth-order valence-electron chi connectivity index (χ4n) is 3.56. The van der Waals surface area contributed by atoms with Gasteiger partial charge in [0.2, 0.25) is 10.0 Å². The van der Waals surface area contributed by atoms with Gasteiger partial charge in [-0.05, 0) is 62.8 Å².